The highest BCUT2D eigenvalue weighted by Crippen LogP contribution is 2.32. The zero-order valence-corrected chi connectivity index (χ0v) is 24.1. The molecule has 0 radical (unpaired) electrons. The van der Waals surface area contributed by atoms with Gasteiger partial charge in [0.2, 0.25) is 17.8 Å². The van der Waals surface area contributed by atoms with Crippen LogP contribution in [0.3, 0.4) is 0 Å². The molecule has 4 rings (SSSR count). The molecule has 0 saturated carbocycles. The average Bonchev–Trinajstić information content (AvgIpc) is 2.96. The number of nitrogens with two attached hydrogens (primary N) is 1. The van der Waals surface area contributed by atoms with Gasteiger partial charge in [0, 0.05) is 45.4 Å². The van der Waals surface area contributed by atoms with Crippen molar-refractivity contribution in [3.05, 3.63) is 65.9 Å². The van der Waals surface area contributed by atoms with Crippen molar-refractivity contribution in [1.82, 2.24) is 20.2 Å². The smallest absolute Gasteiger partial charge is 0.254 e. The summed E-state index contributed by atoms with van der Waals surface area (Å²) in [6.07, 6.45) is 4.18. The summed E-state index contributed by atoms with van der Waals surface area (Å²) in [5.74, 6) is -0.0848. The first-order chi connectivity index (χ1) is 20.2. The van der Waals surface area contributed by atoms with Crippen LogP contribution in [0.1, 0.15) is 56.0 Å². The molecule has 1 aromatic heterocycles. The van der Waals surface area contributed by atoms with Crippen LogP contribution in [0.2, 0.25) is 0 Å². The maximum absolute atomic E-state index is 12.1. The van der Waals surface area contributed by atoms with Crippen LogP contribution in [-0.2, 0) is 16.1 Å². The predicted molar refractivity (Wildman–Crippen MR) is 161 cm³/mol. The number of ether oxygens (including phenoxy) is 1. The van der Waals surface area contributed by atoms with E-state index in [0.717, 1.165) is 37.9 Å². The van der Waals surface area contributed by atoms with Gasteiger partial charge in [-0.25, -0.2) is 4.98 Å². The number of primary amides is 1. The summed E-state index contributed by atoms with van der Waals surface area (Å²) in [4.78, 5) is 46.9. The Morgan fingerprint density at radius 2 is 1.76 bits per heavy atom. The minimum absolute atomic E-state index is 0.144. The quantitative estimate of drug-likeness (QED) is 0.217. The van der Waals surface area contributed by atoms with Crippen LogP contribution in [-0.4, -0.2) is 57.9 Å². The van der Waals surface area contributed by atoms with Crippen molar-refractivity contribution in [2.75, 3.05) is 29.0 Å². The highest BCUT2D eigenvalue weighted by Gasteiger charge is 2.29. The molecular formula is C30H38N8O4. The molecule has 12 heteroatoms. The Labute approximate surface area is 245 Å². The topological polar surface area (TPSA) is 164 Å². The van der Waals surface area contributed by atoms with Crippen molar-refractivity contribution in [2.45, 2.75) is 58.8 Å². The third-order valence-electron chi connectivity index (χ3n) is 6.76. The van der Waals surface area contributed by atoms with Gasteiger partial charge < -0.3 is 31.7 Å². The fraction of sp³-hybridized carbons (Fsp3) is 0.367. The normalized spacial score (nSPS) is 14.7. The van der Waals surface area contributed by atoms with E-state index in [9.17, 15) is 14.4 Å². The Balaban J connectivity index is 1.57. The number of benzene rings is 2. The molecule has 12 nitrogen and oxygen atoms in total. The van der Waals surface area contributed by atoms with Gasteiger partial charge in [0.1, 0.15) is 11.6 Å². The molecule has 222 valence electrons. The Hall–Kier alpha value is -4.71. The molecular weight excluding hydrogens is 536 g/mol. The second-order valence-electron chi connectivity index (χ2n) is 10.3. The van der Waals surface area contributed by atoms with E-state index in [0.29, 0.717) is 29.5 Å². The van der Waals surface area contributed by atoms with Crippen LogP contribution in [0.4, 0.5) is 23.1 Å². The van der Waals surface area contributed by atoms with Crippen molar-refractivity contribution in [3.8, 4) is 5.75 Å². The molecule has 0 spiro atoms. The Bertz CT molecular complexity index is 1400. The molecule has 0 bridgehead atoms. The number of aromatic nitrogens is 2. The Morgan fingerprint density at radius 3 is 2.43 bits per heavy atom. The molecule has 2 aromatic carbocycles. The molecule has 1 aliphatic rings. The zero-order chi connectivity index (χ0) is 30.1. The Morgan fingerprint density at radius 1 is 1.02 bits per heavy atom. The van der Waals surface area contributed by atoms with E-state index in [1.807, 2.05) is 37.3 Å². The van der Waals surface area contributed by atoms with Gasteiger partial charge in [-0.3, -0.25) is 19.3 Å². The van der Waals surface area contributed by atoms with Crippen LogP contribution in [0.15, 0.2) is 54.7 Å². The van der Waals surface area contributed by atoms with E-state index < -0.39 is 12.1 Å². The van der Waals surface area contributed by atoms with Gasteiger partial charge in [0.25, 0.3) is 5.91 Å². The molecule has 0 aliphatic carbocycles. The first kappa shape index (κ1) is 30.3. The zero-order valence-electron chi connectivity index (χ0n) is 24.1. The molecule has 1 aliphatic heterocycles. The van der Waals surface area contributed by atoms with Gasteiger partial charge in [0.05, 0.1) is 17.3 Å². The van der Waals surface area contributed by atoms with E-state index in [2.05, 4.69) is 36.1 Å². The lowest BCUT2D eigenvalue weighted by Gasteiger charge is -2.38. The lowest BCUT2D eigenvalue weighted by atomic mass is 10.1. The summed E-state index contributed by atoms with van der Waals surface area (Å²) in [5.41, 5.74) is 7.75. The van der Waals surface area contributed by atoms with Gasteiger partial charge in [0.15, 0.2) is 6.23 Å². The van der Waals surface area contributed by atoms with E-state index in [4.69, 9.17) is 10.5 Å². The van der Waals surface area contributed by atoms with Crippen molar-refractivity contribution in [3.63, 3.8) is 0 Å². The first-order valence-electron chi connectivity index (χ1n) is 14.0. The molecule has 2 unspecified atom stereocenters. The van der Waals surface area contributed by atoms with E-state index in [1.54, 1.807) is 18.2 Å². The second-order valence-corrected chi connectivity index (χ2v) is 10.3. The summed E-state index contributed by atoms with van der Waals surface area (Å²) in [6, 6.07) is 14.6. The molecule has 3 amide bonds. The third-order valence-corrected chi connectivity index (χ3v) is 6.76. The monoisotopic (exact) mass is 574 g/mol. The van der Waals surface area contributed by atoms with Gasteiger partial charge in [-0.05, 0) is 43.5 Å². The third kappa shape index (κ3) is 8.40. The largest absolute Gasteiger partial charge is 0.471 e. The molecule has 42 heavy (non-hydrogen) atoms. The van der Waals surface area contributed by atoms with E-state index in [1.165, 1.54) is 20.0 Å². The van der Waals surface area contributed by atoms with Gasteiger partial charge in [-0.1, -0.05) is 36.8 Å². The number of amides is 3. The fourth-order valence-corrected chi connectivity index (χ4v) is 4.85. The number of nitrogens with zero attached hydrogens (tertiary/aromatic N) is 3. The highest BCUT2D eigenvalue weighted by atomic mass is 16.5. The standard InChI is InChI=1S/C30H38N8O4/c1-19(34-20(2)39)29(38-14-8-5-9-15-38)42-26-13-12-23(16-25(26)35-21(3)40)36-30-33-18-24(27(31)41)28(37-30)32-17-22-10-6-4-7-11-22/h4,6-7,10-13,16,18-19,29H,5,8-9,14-15,17H2,1-3H3,(H2,31,41)(H,34,39)(H,35,40)(H2,32,33,36,37). The number of carbonyl (C=O) groups is 3. The number of nitrogens with one attached hydrogen (secondary N) is 4. The SMILES string of the molecule is CC(=O)Nc1cc(Nc2ncc(C(N)=O)c(NCc3ccccc3)n2)ccc1OC(C(C)NC(C)=O)N1CCCCC1. The van der Waals surface area contributed by atoms with Crippen LogP contribution in [0.25, 0.3) is 0 Å². The highest BCUT2D eigenvalue weighted by molar-refractivity contribution is 5.97. The molecule has 2 atom stereocenters. The van der Waals surface area contributed by atoms with Crippen molar-refractivity contribution < 1.29 is 19.1 Å². The molecule has 6 N–H and O–H groups in total. The summed E-state index contributed by atoms with van der Waals surface area (Å²) >= 11 is 0. The van der Waals surface area contributed by atoms with Crippen LogP contribution in [0.5, 0.6) is 5.75 Å². The van der Waals surface area contributed by atoms with E-state index in [-0.39, 0.29) is 29.4 Å². The van der Waals surface area contributed by atoms with Gasteiger partial charge in [-0.15, -0.1) is 0 Å². The van der Waals surface area contributed by atoms with Crippen molar-refractivity contribution in [1.29, 1.82) is 0 Å². The Kier molecular flexibility index (Phi) is 10.3. The maximum atomic E-state index is 12.1. The number of rotatable bonds is 12. The van der Waals surface area contributed by atoms with Crippen LogP contribution >= 0.6 is 0 Å². The summed E-state index contributed by atoms with van der Waals surface area (Å²) in [7, 11) is 0. The van der Waals surface area contributed by atoms with Crippen LogP contribution < -0.4 is 31.7 Å². The fourth-order valence-electron chi connectivity index (χ4n) is 4.85. The summed E-state index contributed by atoms with van der Waals surface area (Å²) in [5, 5.41) is 12.1. The minimum atomic E-state index is -0.650. The number of hydrogen-bond acceptors (Lipinski definition) is 9. The minimum Gasteiger partial charge on any atom is -0.471 e. The first-order valence-corrected chi connectivity index (χ1v) is 14.0. The van der Waals surface area contributed by atoms with Gasteiger partial charge in [-0.2, -0.15) is 4.98 Å². The maximum Gasteiger partial charge on any atom is 0.254 e. The number of carbonyl (C=O) groups excluding carboxylic acids is 3. The second kappa shape index (κ2) is 14.3. The molecule has 1 fully saturated rings. The predicted octanol–water partition coefficient (Wildman–Crippen LogP) is 3.61. The van der Waals surface area contributed by atoms with Crippen molar-refractivity contribution in [2.24, 2.45) is 5.73 Å². The summed E-state index contributed by atoms with van der Waals surface area (Å²) < 4.78 is 6.47. The number of piperidine rings is 1. The van der Waals surface area contributed by atoms with E-state index >= 15 is 0 Å². The van der Waals surface area contributed by atoms with Crippen LogP contribution in [0, 0.1) is 0 Å². The lowest BCUT2D eigenvalue weighted by molar-refractivity contribution is -0.121. The van der Waals surface area contributed by atoms with Gasteiger partial charge >= 0.3 is 0 Å². The van der Waals surface area contributed by atoms with Crippen molar-refractivity contribution >= 4 is 40.9 Å². The molecule has 1 saturated heterocycles. The average molecular weight is 575 g/mol. The molecule has 2 heterocycles. The number of hydrogen-bond donors (Lipinski definition) is 5. The summed E-state index contributed by atoms with van der Waals surface area (Å²) in [6.45, 7) is 6.94. The molecule has 3 aromatic rings. The number of likely N-dealkylation sites (tertiary alicyclic amines) is 1. The lowest BCUT2D eigenvalue weighted by Crippen LogP contribution is -2.54. The number of anilines is 4.